The van der Waals surface area contributed by atoms with E-state index in [-0.39, 0.29) is 18.3 Å². The minimum absolute atomic E-state index is 0.0230. The molecule has 0 bridgehead atoms. The van der Waals surface area contributed by atoms with Crippen molar-refractivity contribution in [3.05, 3.63) is 70.5 Å². The summed E-state index contributed by atoms with van der Waals surface area (Å²) in [7, 11) is 1.59. The van der Waals surface area contributed by atoms with E-state index in [2.05, 4.69) is 5.10 Å². The van der Waals surface area contributed by atoms with Gasteiger partial charge in [-0.15, -0.1) is 0 Å². The normalized spacial score (nSPS) is 11.1. The highest BCUT2D eigenvalue weighted by Crippen LogP contribution is 2.36. The van der Waals surface area contributed by atoms with Crippen LogP contribution in [-0.4, -0.2) is 35.2 Å². The molecule has 0 saturated carbocycles. The number of hydrogen-bond donors (Lipinski definition) is 0. The van der Waals surface area contributed by atoms with E-state index in [1.165, 1.54) is 4.68 Å². The first-order valence-electron chi connectivity index (χ1n) is 10.7. The monoisotopic (exact) mass is 446 g/mol. The maximum Gasteiger partial charge on any atom is 0.327 e. The minimum atomic E-state index is -0.383. The summed E-state index contributed by atoms with van der Waals surface area (Å²) in [5.41, 5.74) is 5.15. The second kappa shape index (κ2) is 8.94. The van der Waals surface area contributed by atoms with Crippen molar-refractivity contribution in [1.29, 1.82) is 0 Å². The number of esters is 1. The van der Waals surface area contributed by atoms with E-state index in [4.69, 9.17) is 13.9 Å². The fourth-order valence-corrected chi connectivity index (χ4v) is 3.85. The molecule has 7 heteroatoms. The van der Waals surface area contributed by atoms with Crippen LogP contribution in [0.25, 0.3) is 22.3 Å². The van der Waals surface area contributed by atoms with Gasteiger partial charge in [-0.25, -0.2) is 0 Å². The van der Waals surface area contributed by atoms with Gasteiger partial charge in [-0.2, -0.15) is 5.10 Å². The Bertz CT molecular complexity index is 1360. The van der Waals surface area contributed by atoms with Crippen molar-refractivity contribution < 1.29 is 23.5 Å². The first kappa shape index (κ1) is 22.3. The molecule has 0 saturated heterocycles. The summed E-state index contributed by atoms with van der Waals surface area (Å²) >= 11 is 0. The molecule has 33 heavy (non-hydrogen) atoms. The van der Waals surface area contributed by atoms with E-state index < -0.39 is 0 Å². The molecule has 170 valence electrons. The number of carbonyl (C=O) groups excluding carboxylic acids is 2. The highest BCUT2D eigenvalue weighted by Gasteiger charge is 2.25. The van der Waals surface area contributed by atoms with Crippen LogP contribution in [0.4, 0.5) is 0 Å². The number of ether oxygens (including phenoxy) is 2. The van der Waals surface area contributed by atoms with Gasteiger partial charge in [0.2, 0.25) is 0 Å². The van der Waals surface area contributed by atoms with Crippen LogP contribution in [0.5, 0.6) is 5.75 Å². The van der Waals surface area contributed by atoms with Crippen molar-refractivity contribution in [2.75, 3.05) is 13.7 Å². The van der Waals surface area contributed by atoms with Crippen molar-refractivity contribution in [1.82, 2.24) is 9.78 Å². The summed E-state index contributed by atoms with van der Waals surface area (Å²) in [4.78, 5) is 25.6. The molecule has 0 fully saturated rings. The molecule has 0 amide bonds. The zero-order valence-corrected chi connectivity index (χ0v) is 19.4. The van der Waals surface area contributed by atoms with Crippen molar-refractivity contribution >= 4 is 22.7 Å². The van der Waals surface area contributed by atoms with Gasteiger partial charge in [0.1, 0.15) is 23.6 Å². The smallest absolute Gasteiger partial charge is 0.327 e. The van der Waals surface area contributed by atoms with Crippen LogP contribution in [0.2, 0.25) is 0 Å². The molecule has 4 rings (SSSR count). The summed E-state index contributed by atoms with van der Waals surface area (Å²) < 4.78 is 18.1. The van der Waals surface area contributed by atoms with Gasteiger partial charge in [0, 0.05) is 17.1 Å². The Labute approximate surface area is 191 Å². The molecule has 0 radical (unpaired) electrons. The third kappa shape index (κ3) is 4.26. The Kier molecular flexibility index (Phi) is 6.05. The fourth-order valence-electron chi connectivity index (χ4n) is 3.85. The molecule has 0 aliphatic rings. The highest BCUT2D eigenvalue weighted by atomic mass is 16.5. The molecule has 0 spiro atoms. The van der Waals surface area contributed by atoms with Crippen LogP contribution in [0.3, 0.4) is 0 Å². The van der Waals surface area contributed by atoms with Gasteiger partial charge in [-0.3, -0.25) is 14.3 Å². The number of aromatic nitrogens is 2. The zero-order chi connectivity index (χ0) is 23.7. The van der Waals surface area contributed by atoms with Crippen LogP contribution in [-0.2, 0) is 16.1 Å². The number of furan rings is 1. The number of benzene rings is 2. The molecular weight excluding hydrogens is 420 g/mol. The standard InChI is InChI=1S/C26H26N2O5/c1-6-32-23(29)14-28-13-19(12-27-28)26-24(20-8-7-15(2)9-22(20)33-26)25(30)18-10-16(3)17(4)21(11-18)31-5/h7-13H,6,14H2,1-5H3. The zero-order valence-electron chi connectivity index (χ0n) is 19.4. The maximum absolute atomic E-state index is 13.8. The average molecular weight is 447 g/mol. The quantitative estimate of drug-likeness (QED) is 0.293. The van der Waals surface area contributed by atoms with E-state index >= 15 is 0 Å². The molecular formula is C26H26N2O5. The second-order valence-corrected chi connectivity index (χ2v) is 7.99. The van der Waals surface area contributed by atoms with E-state index in [0.29, 0.717) is 40.4 Å². The summed E-state index contributed by atoms with van der Waals surface area (Å²) in [6.07, 6.45) is 3.26. The lowest BCUT2D eigenvalue weighted by Crippen LogP contribution is -2.13. The average Bonchev–Trinajstić information content (AvgIpc) is 3.39. The van der Waals surface area contributed by atoms with E-state index in [9.17, 15) is 9.59 Å². The molecule has 2 heterocycles. The molecule has 7 nitrogen and oxygen atoms in total. The van der Waals surface area contributed by atoms with Gasteiger partial charge in [-0.05, 0) is 62.6 Å². The van der Waals surface area contributed by atoms with Gasteiger partial charge in [0.15, 0.2) is 5.78 Å². The molecule has 0 atom stereocenters. The molecule has 0 aliphatic carbocycles. The van der Waals surface area contributed by atoms with Crippen molar-refractivity contribution in [2.45, 2.75) is 34.2 Å². The first-order chi connectivity index (χ1) is 15.8. The second-order valence-electron chi connectivity index (χ2n) is 7.99. The van der Waals surface area contributed by atoms with E-state index in [1.54, 1.807) is 32.5 Å². The summed E-state index contributed by atoms with van der Waals surface area (Å²) in [5.74, 6) is 0.511. The SMILES string of the molecule is CCOC(=O)Cn1cc(-c2oc3cc(C)ccc3c2C(=O)c2cc(C)c(C)c(OC)c2)cn1. The molecule has 4 aromatic rings. The largest absolute Gasteiger partial charge is 0.496 e. The molecule has 0 unspecified atom stereocenters. The van der Waals surface area contributed by atoms with Crippen molar-refractivity contribution in [3.63, 3.8) is 0 Å². The molecule has 2 aromatic heterocycles. The number of methoxy groups -OCH3 is 1. The fraction of sp³-hybridized carbons (Fsp3) is 0.269. The Morgan fingerprint density at radius 3 is 2.64 bits per heavy atom. The van der Waals surface area contributed by atoms with Gasteiger partial charge < -0.3 is 13.9 Å². The van der Waals surface area contributed by atoms with E-state index in [0.717, 1.165) is 22.1 Å². The first-order valence-corrected chi connectivity index (χ1v) is 10.7. The van der Waals surface area contributed by atoms with Crippen LogP contribution in [0.1, 0.15) is 39.5 Å². The van der Waals surface area contributed by atoms with Gasteiger partial charge in [0.25, 0.3) is 0 Å². The summed E-state index contributed by atoms with van der Waals surface area (Å²) in [6, 6.07) is 9.36. The van der Waals surface area contributed by atoms with Crippen LogP contribution < -0.4 is 4.74 Å². The summed E-state index contributed by atoms with van der Waals surface area (Å²) in [6.45, 7) is 7.91. The predicted octanol–water partition coefficient (Wildman–Crippen LogP) is 5.02. The molecule has 0 aliphatic heterocycles. The Hall–Kier alpha value is -3.87. The molecule has 2 aromatic carbocycles. The van der Waals surface area contributed by atoms with Crippen molar-refractivity contribution in [3.8, 4) is 17.1 Å². The maximum atomic E-state index is 13.8. The predicted molar refractivity (Wildman–Crippen MR) is 125 cm³/mol. The third-order valence-corrected chi connectivity index (χ3v) is 5.67. The van der Waals surface area contributed by atoms with Gasteiger partial charge in [-0.1, -0.05) is 12.1 Å². The molecule has 0 N–H and O–H groups in total. The number of hydrogen-bond acceptors (Lipinski definition) is 6. The lowest BCUT2D eigenvalue weighted by molar-refractivity contribution is -0.144. The number of aryl methyl sites for hydroxylation is 2. The van der Waals surface area contributed by atoms with E-state index in [1.807, 2.05) is 45.0 Å². The topological polar surface area (TPSA) is 83.6 Å². The summed E-state index contributed by atoms with van der Waals surface area (Å²) in [5, 5.41) is 4.97. The van der Waals surface area contributed by atoms with Crippen LogP contribution in [0.15, 0.2) is 47.1 Å². The lowest BCUT2D eigenvalue weighted by atomic mass is 9.95. The Morgan fingerprint density at radius 1 is 1.12 bits per heavy atom. The van der Waals surface area contributed by atoms with Crippen molar-refractivity contribution in [2.24, 2.45) is 0 Å². The Morgan fingerprint density at radius 2 is 1.91 bits per heavy atom. The number of carbonyl (C=O) groups is 2. The number of ketones is 1. The van der Waals surface area contributed by atoms with Gasteiger partial charge in [0.05, 0.1) is 31.0 Å². The van der Waals surface area contributed by atoms with Crippen LogP contribution in [0, 0.1) is 20.8 Å². The number of rotatable bonds is 7. The number of nitrogens with zero attached hydrogens (tertiary/aromatic N) is 2. The van der Waals surface area contributed by atoms with Crippen LogP contribution >= 0.6 is 0 Å². The third-order valence-electron chi connectivity index (χ3n) is 5.67. The number of fused-ring (bicyclic) bond motifs is 1. The minimum Gasteiger partial charge on any atom is -0.496 e. The van der Waals surface area contributed by atoms with Gasteiger partial charge >= 0.3 is 5.97 Å². The lowest BCUT2D eigenvalue weighted by Gasteiger charge is -2.10. The highest BCUT2D eigenvalue weighted by molar-refractivity contribution is 6.19. The Balaban J connectivity index is 1.84.